The number of ether oxygens (including phenoxy) is 1. The Hall–Kier alpha value is -1.92. The molecule has 0 spiro atoms. The number of rotatable bonds is 5. The molecule has 1 aliphatic heterocycles. The second-order valence-electron chi connectivity index (χ2n) is 5.92. The van der Waals surface area contributed by atoms with Gasteiger partial charge in [-0.2, -0.15) is 0 Å². The van der Waals surface area contributed by atoms with Crippen molar-refractivity contribution >= 4 is 23.8 Å². The van der Waals surface area contributed by atoms with Crippen LogP contribution in [0, 0.1) is 4.77 Å². The Kier molecular flexibility index (Phi) is 4.93. The minimum absolute atomic E-state index is 0.0166. The van der Waals surface area contributed by atoms with Gasteiger partial charge in [-0.15, -0.1) is 0 Å². The number of imidazole rings is 1. The van der Waals surface area contributed by atoms with Crippen LogP contribution >= 0.6 is 12.2 Å². The van der Waals surface area contributed by atoms with E-state index >= 15 is 0 Å². The molecule has 0 saturated carbocycles. The number of anilines is 1. The molecule has 1 fully saturated rings. The summed E-state index contributed by atoms with van der Waals surface area (Å²) in [5.74, 6) is 0.0166. The summed E-state index contributed by atoms with van der Waals surface area (Å²) >= 11 is 5.22. The fourth-order valence-electron chi connectivity index (χ4n) is 2.87. The van der Waals surface area contributed by atoms with E-state index in [0.717, 1.165) is 30.6 Å². The number of benzene rings is 1. The third-order valence-electron chi connectivity index (χ3n) is 4.07. The summed E-state index contributed by atoms with van der Waals surface area (Å²) in [6.07, 6.45) is 7.59. The molecule has 1 amide bonds. The summed E-state index contributed by atoms with van der Waals surface area (Å²) in [7, 11) is 0. The van der Waals surface area contributed by atoms with Gasteiger partial charge < -0.3 is 15.0 Å². The Morgan fingerprint density at radius 3 is 3.04 bits per heavy atom. The lowest BCUT2D eigenvalue weighted by Crippen LogP contribution is -2.16. The maximum atomic E-state index is 12.1. The molecule has 2 N–H and O–H groups in total. The van der Waals surface area contributed by atoms with Gasteiger partial charge in [-0.1, -0.05) is 6.07 Å². The van der Waals surface area contributed by atoms with Crippen molar-refractivity contribution in [2.75, 3.05) is 5.32 Å². The molecule has 1 aromatic carbocycles. The van der Waals surface area contributed by atoms with E-state index in [1.807, 2.05) is 35.0 Å². The lowest BCUT2D eigenvalue weighted by Gasteiger charge is -2.11. The summed E-state index contributed by atoms with van der Waals surface area (Å²) < 4.78 is 8.23. The summed E-state index contributed by atoms with van der Waals surface area (Å²) in [6.45, 7) is 2.08. The predicted octanol–water partition coefficient (Wildman–Crippen LogP) is 3.82. The quantitative estimate of drug-likeness (QED) is 0.819. The Morgan fingerprint density at radius 2 is 2.35 bits per heavy atom. The molecule has 3 rings (SSSR count). The first kappa shape index (κ1) is 16.0. The van der Waals surface area contributed by atoms with Crippen LogP contribution in [0.25, 0.3) is 5.69 Å². The number of hydrogen-bond acceptors (Lipinski definition) is 3. The normalized spacial score (nSPS) is 20.6. The van der Waals surface area contributed by atoms with Crippen LogP contribution in [0.1, 0.15) is 32.6 Å². The zero-order valence-corrected chi connectivity index (χ0v) is 13.9. The fourth-order valence-corrected chi connectivity index (χ4v) is 3.10. The number of aromatic amines is 1. The van der Waals surface area contributed by atoms with Crippen molar-refractivity contribution in [3.63, 3.8) is 0 Å². The van der Waals surface area contributed by atoms with Crippen molar-refractivity contribution in [3.05, 3.63) is 41.4 Å². The molecule has 1 aliphatic rings. The average Bonchev–Trinajstić information content (AvgIpc) is 3.14. The van der Waals surface area contributed by atoms with E-state index < -0.39 is 0 Å². The average molecular weight is 331 g/mol. The second kappa shape index (κ2) is 7.10. The largest absolute Gasteiger partial charge is 0.375 e. The van der Waals surface area contributed by atoms with Crippen LogP contribution in [0.4, 0.5) is 5.69 Å². The zero-order valence-electron chi connectivity index (χ0n) is 13.1. The summed E-state index contributed by atoms with van der Waals surface area (Å²) in [5, 5.41) is 2.95. The molecule has 1 saturated heterocycles. The maximum Gasteiger partial charge on any atom is 0.224 e. The van der Waals surface area contributed by atoms with Crippen LogP contribution in [0.15, 0.2) is 36.7 Å². The number of amides is 1. The van der Waals surface area contributed by atoms with Gasteiger partial charge in [0.15, 0.2) is 4.77 Å². The smallest absolute Gasteiger partial charge is 0.224 e. The van der Waals surface area contributed by atoms with Crippen LogP contribution in [-0.4, -0.2) is 27.7 Å². The van der Waals surface area contributed by atoms with E-state index in [1.54, 1.807) is 6.20 Å². The molecule has 23 heavy (non-hydrogen) atoms. The van der Waals surface area contributed by atoms with Gasteiger partial charge >= 0.3 is 0 Å². The van der Waals surface area contributed by atoms with E-state index in [-0.39, 0.29) is 12.0 Å². The molecule has 2 heterocycles. The maximum absolute atomic E-state index is 12.1. The number of nitrogens with one attached hydrogen (secondary N) is 2. The second-order valence-corrected chi connectivity index (χ2v) is 6.31. The van der Waals surface area contributed by atoms with Gasteiger partial charge in [0.2, 0.25) is 5.91 Å². The molecule has 0 aliphatic carbocycles. The number of aromatic nitrogens is 2. The first-order chi connectivity index (χ1) is 11.1. The van der Waals surface area contributed by atoms with E-state index in [4.69, 9.17) is 17.0 Å². The topological polar surface area (TPSA) is 59.0 Å². The number of carbonyl (C=O) groups is 1. The molecule has 122 valence electrons. The molecular weight excluding hydrogens is 310 g/mol. The molecule has 2 atom stereocenters. The predicted molar refractivity (Wildman–Crippen MR) is 92.4 cm³/mol. The standard InChI is InChI=1S/C17H21N3O2S/c1-12-5-6-15(22-12)7-8-16(21)19-13-3-2-4-14(11-13)20-10-9-18-17(20)23/h2-4,9-12,15H,5-8H2,1H3,(H,18,23)(H,19,21)/t12-,15+/m0/s1. The number of hydrogen-bond donors (Lipinski definition) is 2. The fraction of sp³-hybridized carbons (Fsp3) is 0.412. The molecule has 0 bridgehead atoms. The van der Waals surface area contributed by atoms with E-state index in [9.17, 15) is 4.79 Å². The molecule has 0 radical (unpaired) electrons. The molecule has 6 heteroatoms. The molecule has 5 nitrogen and oxygen atoms in total. The van der Waals surface area contributed by atoms with E-state index in [2.05, 4.69) is 17.2 Å². The van der Waals surface area contributed by atoms with Crippen molar-refractivity contribution in [2.24, 2.45) is 0 Å². The summed E-state index contributed by atoms with van der Waals surface area (Å²) in [6, 6.07) is 7.65. The number of H-pyrrole nitrogens is 1. The zero-order chi connectivity index (χ0) is 16.2. The van der Waals surface area contributed by atoms with Crippen LogP contribution in [-0.2, 0) is 9.53 Å². The van der Waals surface area contributed by atoms with Gasteiger partial charge in [-0.25, -0.2) is 0 Å². The Labute approximate surface area is 140 Å². The van der Waals surface area contributed by atoms with Gasteiger partial charge in [0.25, 0.3) is 0 Å². The highest BCUT2D eigenvalue weighted by molar-refractivity contribution is 7.71. The summed E-state index contributed by atoms with van der Waals surface area (Å²) in [4.78, 5) is 15.1. The van der Waals surface area contributed by atoms with Gasteiger partial charge in [-0.3, -0.25) is 9.36 Å². The Balaban J connectivity index is 1.58. The van der Waals surface area contributed by atoms with Crippen LogP contribution in [0.2, 0.25) is 0 Å². The Morgan fingerprint density at radius 1 is 1.48 bits per heavy atom. The SMILES string of the molecule is C[C@H]1CC[C@H](CCC(=O)Nc2cccc(-n3cc[nH]c3=S)c2)O1. The first-order valence-corrected chi connectivity index (χ1v) is 8.34. The van der Waals surface area contributed by atoms with Crippen molar-refractivity contribution < 1.29 is 9.53 Å². The third kappa shape index (κ3) is 4.09. The highest BCUT2D eigenvalue weighted by Crippen LogP contribution is 2.23. The molecule has 2 aromatic rings. The van der Waals surface area contributed by atoms with E-state index in [1.165, 1.54) is 0 Å². The first-order valence-electron chi connectivity index (χ1n) is 7.93. The number of nitrogens with zero attached hydrogens (tertiary/aromatic N) is 1. The van der Waals surface area contributed by atoms with Gasteiger partial charge in [0.05, 0.1) is 12.2 Å². The molecule has 0 unspecified atom stereocenters. The van der Waals surface area contributed by atoms with Crippen molar-refractivity contribution in [2.45, 2.75) is 44.8 Å². The molecule has 1 aromatic heterocycles. The van der Waals surface area contributed by atoms with Crippen LogP contribution < -0.4 is 5.32 Å². The monoisotopic (exact) mass is 331 g/mol. The van der Waals surface area contributed by atoms with E-state index in [0.29, 0.717) is 17.3 Å². The van der Waals surface area contributed by atoms with Crippen LogP contribution in [0.5, 0.6) is 0 Å². The van der Waals surface area contributed by atoms with Gasteiger partial charge in [-0.05, 0) is 56.6 Å². The van der Waals surface area contributed by atoms with Crippen molar-refractivity contribution in [1.29, 1.82) is 0 Å². The van der Waals surface area contributed by atoms with Gasteiger partial charge in [0.1, 0.15) is 0 Å². The Bertz CT molecular complexity index is 737. The third-order valence-corrected chi connectivity index (χ3v) is 4.39. The minimum Gasteiger partial charge on any atom is -0.375 e. The lowest BCUT2D eigenvalue weighted by atomic mass is 10.1. The van der Waals surface area contributed by atoms with Crippen molar-refractivity contribution in [1.82, 2.24) is 9.55 Å². The highest BCUT2D eigenvalue weighted by Gasteiger charge is 2.22. The minimum atomic E-state index is 0.0166. The van der Waals surface area contributed by atoms with Crippen LogP contribution in [0.3, 0.4) is 0 Å². The highest BCUT2D eigenvalue weighted by atomic mass is 32.1. The lowest BCUT2D eigenvalue weighted by molar-refractivity contribution is -0.116. The number of carbonyl (C=O) groups excluding carboxylic acids is 1. The van der Waals surface area contributed by atoms with Crippen molar-refractivity contribution in [3.8, 4) is 5.69 Å². The molecular formula is C17H21N3O2S. The summed E-state index contributed by atoms with van der Waals surface area (Å²) in [5.41, 5.74) is 1.69. The van der Waals surface area contributed by atoms with Gasteiger partial charge in [0, 0.05) is 30.2 Å².